The molecule has 1 aromatic carbocycles. The minimum absolute atomic E-state index is 0.0308. The van der Waals surface area contributed by atoms with Crippen molar-refractivity contribution in [2.75, 3.05) is 19.6 Å². The van der Waals surface area contributed by atoms with Gasteiger partial charge in [-0.15, -0.1) is 5.10 Å². The molecule has 0 bridgehead atoms. The fourth-order valence-electron chi connectivity index (χ4n) is 3.88. The Morgan fingerprint density at radius 1 is 1.10 bits per heavy atom. The molecular formula is C21H22N6O2. The molecule has 148 valence electrons. The average molecular weight is 390 g/mol. The highest BCUT2D eigenvalue weighted by atomic mass is 16.2. The van der Waals surface area contributed by atoms with Crippen molar-refractivity contribution in [1.82, 2.24) is 29.4 Å². The van der Waals surface area contributed by atoms with Crippen LogP contribution >= 0.6 is 0 Å². The largest absolute Gasteiger partial charge is 0.337 e. The zero-order valence-corrected chi connectivity index (χ0v) is 16.0. The molecule has 2 fully saturated rings. The molecule has 2 aliphatic rings. The van der Waals surface area contributed by atoms with E-state index < -0.39 is 0 Å². The molecule has 0 unspecified atom stereocenters. The van der Waals surface area contributed by atoms with Gasteiger partial charge in [-0.3, -0.25) is 9.59 Å². The van der Waals surface area contributed by atoms with E-state index in [1.54, 1.807) is 0 Å². The van der Waals surface area contributed by atoms with E-state index in [0.29, 0.717) is 31.6 Å². The van der Waals surface area contributed by atoms with Crippen LogP contribution in [0.15, 0.2) is 55.0 Å². The first kappa shape index (κ1) is 17.7. The van der Waals surface area contributed by atoms with Crippen LogP contribution in [0.1, 0.15) is 34.9 Å². The summed E-state index contributed by atoms with van der Waals surface area (Å²) in [5.41, 5.74) is 2.51. The minimum Gasteiger partial charge on any atom is -0.337 e. The van der Waals surface area contributed by atoms with E-state index in [0.717, 1.165) is 24.3 Å². The number of carbonyl (C=O) groups is 2. The van der Waals surface area contributed by atoms with Crippen molar-refractivity contribution in [3.8, 4) is 5.69 Å². The molecule has 4 heterocycles. The number of rotatable bonds is 5. The first-order valence-corrected chi connectivity index (χ1v) is 9.88. The van der Waals surface area contributed by atoms with Crippen LogP contribution in [-0.2, 0) is 11.3 Å². The van der Waals surface area contributed by atoms with Crippen LogP contribution in [0.5, 0.6) is 0 Å². The van der Waals surface area contributed by atoms with Crippen molar-refractivity contribution in [3.63, 3.8) is 0 Å². The molecule has 0 saturated carbocycles. The molecule has 2 amide bonds. The Kier molecular flexibility index (Phi) is 4.38. The van der Waals surface area contributed by atoms with Crippen molar-refractivity contribution in [3.05, 3.63) is 66.2 Å². The highest BCUT2D eigenvalue weighted by Crippen LogP contribution is 2.23. The Morgan fingerprint density at radius 2 is 1.86 bits per heavy atom. The van der Waals surface area contributed by atoms with Gasteiger partial charge in [-0.2, -0.15) is 0 Å². The van der Waals surface area contributed by atoms with E-state index in [4.69, 9.17) is 0 Å². The van der Waals surface area contributed by atoms with E-state index in [2.05, 4.69) is 10.3 Å². The van der Waals surface area contributed by atoms with E-state index in [1.807, 2.05) is 74.0 Å². The maximum absolute atomic E-state index is 12.7. The molecule has 5 rings (SSSR count). The second-order valence-corrected chi connectivity index (χ2v) is 7.61. The van der Waals surface area contributed by atoms with Gasteiger partial charge in [0.15, 0.2) is 0 Å². The lowest BCUT2D eigenvalue weighted by Crippen LogP contribution is -2.50. The molecule has 2 saturated heterocycles. The van der Waals surface area contributed by atoms with Crippen molar-refractivity contribution in [1.29, 1.82) is 0 Å². The molecule has 0 radical (unpaired) electrons. The average Bonchev–Trinajstić information content (AvgIpc) is 3.45. The molecule has 0 spiro atoms. The summed E-state index contributed by atoms with van der Waals surface area (Å²) < 4.78 is 3.82. The minimum atomic E-state index is 0.0308. The molecule has 29 heavy (non-hydrogen) atoms. The van der Waals surface area contributed by atoms with Crippen LogP contribution < -0.4 is 0 Å². The zero-order chi connectivity index (χ0) is 19.8. The Balaban J connectivity index is 1.17. The maximum atomic E-state index is 12.7. The molecule has 8 heteroatoms. The predicted octanol–water partition coefficient (Wildman–Crippen LogP) is 1.89. The summed E-state index contributed by atoms with van der Waals surface area (Å²) in [6, 6.07) is 11.7. The van der Waals surface area contributed by atoms with E-state index >= 15 is 0 Å². The fourth-order valence-corrected chi connectivity index (χ4v) is 3.88. The van der Waals surface area contributed by atoms with E-state index in [1.165, 1.54) is 0 Å². The Hall–Kier alpha value is -3.42. The Bertz CT molecular complexity index is 1020. The van der Waals surface area contributed by atoms with Crippen LogP contribution in [0.3, 0.4) is 0 Å². The third kappa shape index (κ3) is 3.41. The summed E-state index contributed by atoms with van der Waals surface area (Å²) in [4.78, 5) is 28.1. The summed E-state index contributed by atoms with van der Waals surface area (Å²) in [6.45, 7) is 2.54. The molecule has 8 nitrogen and oxygen atoms in total. The second kappa shape index (κ2) is 7.20. The monoisotopic (exact) mass is 390 g/mol. The van der Waals surface area contributed by atoms with Gasteiger partial charge in [0.25, 0.3) is 5.91 Å². The standard InChI is InChI=1S/C21H22N6O2/c28-20-4-3-11-25(20)12-17-13-27(23-22-17)19-14-26(15-19)21(29)16-5-7-18(8-6-16)24-9-1-2-10-24/h1-2,5-10,13,19H,3-4,11-12,14-15H2. The summed E-state index contributed by atoms with van der Waals surface area (Å²) in [5.74, 6) is 0.214. The SMILES string of the molecule is O=C1CCCN1Cc1cn(C2CN(C(=O)c3ccc(-n4cccc4)cc3)C2)nn1. The highest BCUT2D eigenvalue weighted by molar-refractivity contribution is 5.95. The third-order valence-electron chi connectivity index (χ3n) is 5.62. The Morgan fingerprint density at radius 3 is 2.55 bits per heavy atom. The normalized spacial score (nSPS) is 17.0. The molecule has 0 atom stereocenters. The fraction of sp³-hybridized carbons (Fsp3) is 0.333. The lowest BCUT2D eigenvalue weighted by molar-refractivity contribution is -0.128. The summed E-state index contributed by atoms with van der Waals surface area (Å²) in [5, 5.41) is 8.39. The zero-order valence-electron chi connectivity index (χ0n) is 16.0. The highest BCUT2D eigenvalue weighted by Gasteiger charge is 2.33. The van der Waals surface area contributed by atoms with Gasteiger partial charge < -0.3 is 14.4 Å². The number of carbonyl (C=O) groups excluding carboxylic acids is 2. The lowest BCUT2D eigenvalue weighted by Gasteiger charge is -2.38. The molecule has 3 aromatic rings. The molecule has 0 N–H and O–H groups in total. The number of likely N-dealkylation sites (tertiary alicyclic amines) is 2. The van der Waals surface area contributed by atoms with Crippen LogP contribution in [0.2, 0.25) is 0 Å². The van der Waals surface area contributed by atoms with Gasteiger partial charge in [0.05, 0.1) is 18.8 Å². The van der Waals surface area contributed by atoms with Gasteiger partial charge in [0.1, 0.15) is 5.69 Å². The summed E-state index contributed by atoms with van der Waals surface area (Å²) in [6.07, 6.45) is 7.38. The van der Waals surface area contributed by atoms with Crippen LogP contribution in [0.25, 0.3) is 5.69 Å². The number of amides is 2. The quantitative estimate of drug-likeness (QED) is 0.667. The van der Waals surface area contributed by atoms with Gasteiger partial charge >= 0.3 is 0 Å². The van der Waals surface area contributed by atoms with Crippen molar-refractivity contribution >= 4 is 11.8 Å². The van der Waals surface area contributed by atoms with Crippen molar-refractivity contribution in [2.45, 2.75) is 25.4 Å². The number of nitrogens with zero attached hydrogens (tertiary/aromatic N) is 6. The summed E-state index contributed by atoms with van der Waals surface area (Å²) in [7, 11) is 0. The topological polar surface area (TPSA) is 76.3 Å². The smallest absolute Gasteiger partial charge is 0.254 e. The number of hydrogen-bond donors (Lipinski definition) is 0. The van der Waals surface area contributed by atoms with Gasteiger partial charge in [0, 0.05) is 49.7 Å². The van der Waals surface area contributed by atoms with Crippen LogP contribution in [0.4, 0.5) is 0 Å². The van der Waals surface area contributed by atoms with Gasteiger partial charge in [-0.1, -0.05) is 5.21 Å². The molecular weight excluding hydrogens is 368 g/mol. The van der Waals surface area contributed by atoms with E-state index in [9.17, 15) is 9.59 Å². The molecule has 2 aliphatic heterocycles. The van der Waals surface area contributed by atoms with Gasteiger partial charge in [-0.25, -0.2) is 4.68 Å². The van der Waals surface area contributed by atoms with E-state index in [-0.39, 0.29) is 17.9 Å². The number of hydrogen-bond acceptors (Lipinski definition) is 4. The first-order valence-electron chi connectivity index (χ1n) is 9.88. The van der Waals surface area contributed by atoms with Gasteiger partial charge in [-0.05, 0) is 42.8 Å². The summed E-state index contributed by atoms with van der Waals surface area (Å²) >= 11 is 0. The number of aromatic nitrogens is 4. The van der Waals surface area contributed by atoms with Crippen molar-refractivity contribution < 1.29 is 9.59 Å². The first-order chi connectivity index (χ1) is 14.2. The van der Waals surface area contributed by atoms with Crippen LogP contribution in [0, 0.1) is 0 Å². The lowest BCUT2D eigenvalue weighted by atomic mass is 10.1. The molecule has 2 aromatic heterocycles. The second-order valence-electron chi connectivity index (χ2n) is 7.61. The van der Waals surface area contributed by atoms with Gasteiger partial charge in [0.2, 0.25) is 5.91 Å². The van der Waals surface area contributed by atoms with Crippen molar-refractivity contribution in [2.24, 2.45) is 0 Å². The molecule has 0 aliphatic carbocycles. The number of benzene rings is 1. The Labute approximate surface area is 168 Å². The third-order valence-corrected chi connectivity index (χ3v) is 5.62. The predicted molar refractivity (Wildman–Crippen MR) is 105 cm³/mol. The maximum Gasteiger partial charge on any atom is 0.254 e. The van der Waals surface area contributed by atoms with Crippen LogP contribution in [-0.4, -0.2) is 60.8 Å².